The summed E-state index contributed by atoms with van der Waals surface area (Å²) in [4.78, 5) is 39.3. The fourth-order valence-corrected chi connectivity index (χ4v) is 4.78. The fourth-order valence-electron chi connectivity index (χ4n) is 4.27. The number of cyclic esters (lactones) is 1. The number of rotatable bonds is 12. The Bertz CT molecular complexity index is 1040. The van der Waals surface area contributed by atoms with Gasteiger partial charge in [-0.25, -0.2) is 9.69 Å². The molecule has 1 aromatic carbocycles. The number of hydrogen-bond donors (Lipinski definition) is 1. The van der Waals surface area contributed by atoms with Crippen LogP contribution in [0.1, 0.15) is 68.8 Å². The van der Waals surface area contributed by atoms with E-state index < -0.39 is 42.3 Å². The van der Waals surface area contributed by atoms with Gasteiger partial charge in [0.1, 0.15) is 17.6 Å². The molecule has 2 amide bonds. The van der Waals surface area contributed by atoms with Gasteiger partial charge in [0.2, 0.25) is 0 Å². The number of methoxy groups -OCH3 is 1. The summed E-state index contributed by atoms with van der Waals surface area (Å²) in [6.07, 6.45) is 0.0618. The predicted molar refractivity (Wildman–Crippen MR) is 133 cm³/mol. The number of esters is 1. The molecule has 1 saturated heterocycles. The molecule has 1 fully saturated rings. The van der Waals surface area contributed by atoms with Crippen LogP contribution in [0.4, 0.5) is 4.79 Å². The van der Waals surface area contributed by atoms with Crippen LogP contribution in [0, 0.1) is 0 Å². The first kappa shape index (κ1) is 27.9. The van der Waals surface area contributed by atoms with Crippen LogP contribution >= 0.6 is 15.9 Å². The van der Waals surface area contributed by atoms with Crippen LogP contribution in [0.15, 0.2) is 45.3 Å². The van der Waals surface area contributed by atoms with Gasteiger partial charge in [0.25, 0.3) is 5.91 Å². The van der Waals surface area contributed by atoms with Crippen LogP contribution in [0.25, 0.3) is 0 Å². The van der Waals surface area contributed by atoms with Crippen molar-refractivity contribution in [1.82, 2.24) is 4.90 Å². The van der Waals surface area contributed by atoms with Crippen LogP contribution in [-0.4, -0.2) is 53.8 Å². The zero-order valence-electron chi connectivity index (χ0n) is 20.6. The van der Waals surface area contributed by atoms with Crippen LogP contribution in [0.2, 0.25) is 0 Å². The van der Waals surface area contributed by atoms with Gasteiger partial charge >= 0.3 is 12.1 Å². The number of imide groups is 1. The Balaban J connectivity index is 1.82. The van der Waals surface area contributed by atoms with E-state index in [2.05, 4.69) is 15.9 Å². The van der Waals surface area contributed by atoms with Crippen molar-refractivity contribution >= 4 is 33.9 Å². The van der Waals surface area contributed by atoms with E-state index in [1.807, 2.05) is 30.3 Å². The van der Waals surface area contributed by atoms with Crippen LogP contribution in [0.3, 0.4) is 0 Å². The number of benzene rings is 1. The first-order valence-corrected chi connectivity index (χ1v) is 12.7. The third kappa shape index (κ3) is 6.54. The molecule has 1 N–H and O–H groups in total. The van der Waals surface area contributed by atoms with Crippen molar-refractivity contribution in [3.05, 3.63) is 58.0 Å². The monoisotopic (exact) mass is 565 g/mol. The van der Waals surface area contributed by atoms with Crippen LogP contribution in [-0.2, 0) is 30.2 Å². The number of amides is 2. The predicted octanol–water partition coefficient (Wildman–Crippen LogP) is 4.87. The first-order chi connectivity index (χ1) is 17.3. The van der Waals surface area contributed by atoms with E-state index in [0.29, 0.717) is 16.7 Å². The normalized spacial score (nSPS) is 19.1. The third-order valence-corrected chi connectivity index (χ3v) is 6.74. The molecule has 10 heteroatoms. The van der Waals surface area contributed by atoms with E-state index in [9.17, 15) is 14.4 Å². The Morgan fingerprint density at radius 1 is 1.17 bits per heavy atom. The Hall–Kier alpha value is -2.69. The number of aryl methyl sites for hydroxylation is 1. The summed E-state index contributed by atoms with van der Waals surface area (Å²) in [5, 5.41) is 8.93. The van der Waals surface area contributed by atoms with Crippen molar-refractivity contribution in [2.24, 2.45) is 0 Å². The number of ether oxygens (including phenoxy) is 3. The second-order valence-corrected chi connectivity index (χ2v) is 9.51. The highest BCUT2D eigenvalue weighted by molar-refractivity contribution is 9.10. The van der Waals surface area contributed by atoms with Crippen molar-refractivity contribution in [3.63, 3.8) is 0 Å². The highest BCUT2D eigenvalue weighted by Gasteiger charge is 2.48. The number of carbonyl (C=O) groups is 3. The van der Waals surface area contributed by atoms with Crippen LogP contribution < -0.4 is 0 Å². The number of nitrogens with zero attached hydrogens (tertiary/aromatic N) is 1. The molecule has 0 unspecified atom stereocenters. The molecule has 2 heterocycles. The van der Waals surface area contributed by atoms with E-state index in [4.69, 9.17) is 23.7 Å². The molecular formula is C26H32BrNO8. The smallest absolute Gasteiger partial charge is 0.417 e. The van der Waals surface area contributed by atoms with Gasteiger partial charge in [0.15, 0.2) is 12.2 Å². The van der Waals surface area contributed by atoms with Gasteiger partial charge in [-0.1, -0.05) is 43.2 Å². The summed E-state index contributed by atoms with van der Waals surface area (Å²) >= 11 is 3.48. The topological polar surface area (TPSA) is 116 Å². The summed E-state index contributed by atoms with van der Waals surface area (Å²) in [6.45, 7) is 3.11. The molecule has 1 aliphatic rings. The maximum Gasteiger partial charge on any atom is 0.417 e. The number of hydrogen-bond acceptors (Lipinski definition) is 8. The van der Waals surface area contributed by atoms with E-state index in [1.54, 1.807) is 13.0 Å². The van der Waals surface area contributed by atoms with Gasteiger partial charge in [0.05, 0.1) is 10.5 Å². The Morgan fingerprint density at radius 2 is 1.86 bits per heavy atom. The van der Waals surface area contributed by atoms with Gasteiger partial charge in [-0.3, -0.25) is 9.59 Å². The molecule has 3 rings (SSSR count). The summed E-state index contributed by atoms with van der Waals surface area (Å²) in [6, 6.07) is 10.2. The number of unbranched alkanes of at least 4 members (excludes halogenated alkanes) is 3. The van der Waals surface area contributed by atoms with E-state index in [-0.39, 0.29) is 12.4 Å². The minimum absolute atomic E-state index is 0.167. The molecule has 196 valence electrons. The van der Waals surface area contributed by atoms with Gasteiger partial charge in [0, 0.05) is 27.1 Å². The Morgan fingerprint density at radius 3 is 2.50 bits per heavy atom. The van der Waals surface area contributed by atoms with Crippen LogP contribution in [0.5, 0.6) is 0 Å². The molecule has 36 heavy (non-hydrogen) atoms. The second-order valence-electron chi connectivity index (χ2n) is 8.66. The molecule has 0 saturated carbocycles. The molecule has 9 nitrogen and oxygen atoms in total. The maximum atomic E-state index is 13.6. The summed E-state index contributed by atoms with van der Waals surface area (Å²) in [7, 11) is 1.31. The summed E-state index contributed by atoms with van der Waals surface area (Å²) in [5.74, 6) is -0.459. The minimum atomic E-state index is -1.34. The summed E-state index contributed by atoms with van der Waals surface area (Å²) in [5.41, 5.74) is 0.762. The molecule has 4 atom stereocenters. The maximum absolute atomic E-state index is 13.6. The second kappa shape index (κ2) is 13.0. The fraction of sp³-hybridized carbons (Fsp3) is 0.500. The molecule has 1 aromatic heterocycles. The molecule has 2 aromatic rings. The average molecular weight is 566 g/mol. The van der Waals surface area contributed by atoms with Gasteiger partial charge in [-0.05, 0) is 47.3 Å². The number of halogens is 1. The van der Waals surface area contributed by atoms with Gasteiger partial charge in [-0.2, -0.15) is 0 Å². The van der Waals surface area contributed by atoms with Crippen molar-refractivity contribution in [3.8, 4) is 0 Å². The SMILES string of the molecule is CO[C@H](C(=O)N1C(=O)O[C@H](c2ccccc2)[C@@H]1C)[C@H](OC(C)=O)c1cc(Br)c(CCCCCCO)o1. The number of aliphatic hydroxyl groups excluding tert-OH is 1. The molecule has 0 radical (unpaired) electrons. The largest absolute Gasteiger partial charge is 0.461 e. The molecule has 0 bridgehead atoms. The molecule has 1 aliphatic heterocycles. The lowest BCUT2D eigenvalue weighted by Crippen LogP contribution is -2.47. The van der Waals surface area contributed by atoms with Crippen molar-refractivity contribution in [2.75, 3.05) is 13.7 Å². The van der Waals surface area contributed by atoms with Crippen molar-refractivity contribution in [2.45, 2.75) is 70.3 Å². The first-order valence-electron chi connectivity index (χ1n) is 12.0. The van der Waals surface area contributed by atoms with E-state index >= 15 is 0 Å². The number of carbonyl (C=O) groups excluding carboxylic acids is 3. The standard InChI is InChI=1S/C26H32BrNO8/c1-16-22(18-11-7-6-8-12-18)36-26(32)28(16)25(31)24(33-3)23(34-17(2)30)21-15-19(27)20(35-21)13-9-4-5-10-14-29/h6-8,11-12,15-16,22-24,29H,4-5,9-10,13-14H2,1-3H3/t16-,22-,23+,24-/m0/s1. The minimum Gasteiger partial charge on any atom is -0.461 e. The molecule has 0 aliphatic carbocycles. The Labute approximate surface area is 218 Å². The highest BCUT2D eigenvalue weighted by Crippen LogP contribution is 2.36. The lowest BCUT2D eigenvalue weighted by molar-refractivity contribution is -0.164. The quantitative estimate of drug-likeness (QED) is 0.286. The molecule has 0 spiro atoms. The lowest BCUT2D eigenvalue weighted by atomic mass is 10.0. The molecular weight excluding hydrogens is 534 g/mol. The van der Waals surface area contributed by atoms with Gasteiger partial charge < -0.3 is 23.7 Å². The van der Waals surface area contributed by atoms with Crippen molar-refractivity contribution < 1.29 is 38.1 Å². The Kier molecular flexibility index (Phi) is 10.1. The zero-order valence-corrected chi connectivity index (χ0v) is 22.2. The number of aliphatic hydroxyl groups is 1. The number of furan rings is 1. The highest BCUT2D eigenvalue weighted by atomic mass is 79.9. The third-order valence-electron chi connectivity index (χ3n) is 6.07. The average Bonchev–Trinajstić information content (AvgIpc) is 3.37. The zero-order chi connectivity index (χ0) is 26.2. The van der Waals surface area contributed by atoms with E-state index in [1.165, 1.54) is 14.0 Å². The lowest BCUT2D eigenvalue weighted by Gasteiger charge is -2.27. The summed E-state index contributed by atoms with van der Waals surface area (Å²) < 4.78 is 23.1. The van der Waals surface area contributed by atoms with E-state index in [0.717, 1.165) is 36.1 Å². The van der Waals surface area contributed by atoms with Gasteiger partial charge in [-0.15, -0.1) is 0 Å². The van der Waals surface area contributed by atoms with Crippen molar-refractivity contribution in [1.29, 1.82) is 0 Å².